The lowest BCUT2D eigenvalue weighted by molar-refractivity contribution is 0.828. The van der Waals surface area contributed by atoms with E-state index >= 15 is 0 Å². The summed E-state index contributed by atoms with van der Waals surface area (Å²) in [7, 11) is 0. The van der Waals surface area contributed by atoms with Gasteiger partial charge in [-0.2, -0.15) is 10.4 Å². The second-order valence-electron chi connectivity index (χ2n) is 3.36. The van der Waals surface area contributed by atoms with Crippen LogP contribution in [-0.2, 0) is 0 Å². The van der Waals surface area contributed by atoms with Crippen molar-refractivity contribution in [2.75, 3.05) is 0 Å². The molecule has 0 atom stereocenters. The third-order valence-electron chi connectivity index (χ3n) is 2.21. The molecule has 0 radical (unpaired) electrons. The summed E-state index contributed by atoms with van der Waals surface area (Å²) in [6.45, 7) is 3.69. The smallest absolute Gasteiger partial charge is 0.148 e. The Bertz CT molecular complexity index is 580. The largest absolute Gasteiger partial charge is 0.217 e. The van der Waals surface area contributed by atoms with E-state index in [2.05, 4.69) is 32.1 Å². The van der Waals surface area contributed by atoms with Crippen LogP contribution in [0.2, 0.25) is 0 Å². The molecule has 5 heteroatoms. The second kappa shape index (κ2) is 4.06. The van der Waals surface area contributed by atoms with Gasteiger partial charge in [0.2, 0.25) is 0 Å². The highest BCUT2D eigenvalue weighted by Gasteiger charge is 2.11. The molecule has 1 aromatic carbocycles. The van der Waals surface area contributed by atoms with E-state index in [0.717, 1.165) is 16.0 Å². The average molecular weight is 277 g/mol. The van der Waals surface area contributed by atoms with E-state index in [1.54, 1.807) is 4.68 Å². The highest BCUT2D eigenvalue weighted by Crippen LogP contribution is 2.23. The Labute approximate surface area is 102 Å². The molecular weight excluding hydrogens is 268 g/mol. The summed E-state index contributed by atoms with van der Waals surface area (Å²) in [4.78, 5) is 4.22. The number of hydrogen-bond donors (Lipinski definition) is 0. The van der Waals surface area contributed by atoms with Crippen molar-refractivity contribution >= 4 is 15.9 Å². The third kappa shape index (κ3) is 1.72. The van der Waals surface area contributed by atoms with E-state index in [1.165, 1.54) is 0 Å². The summed E-state index contributed by atoms with van der Waals surface area (Å²) in [5.74, 6) is 1.47. The van der Waals surface area contributed by atoms with Crippen LogP contribution in [-0.4, -0.2) is 14.8 Å². The summed E-state index contributed by atoms with van der Waals surface area (Å²) in [6, 6.07) is 7.72. The first-order valence-electron chi connectivity index (χ1n) is 4.72. The molecule has 0 bridgehead atoms. The molecule has 0 saturated heterocycles. The SMILES string of the molecule is Cc1nc(C)n(-c2cccc(Br)c2C#N)n1. The molecular formula is C11H9BrN4. The molecule has 1 heterocycles. The van der Waals surface area contributed by atoms with E-state index < -0.39 is 0 Å². The number of aromatic nitrogens is 3. The third-order valence-corrected chi connectivity index (χ3v) is 2.87. The molecule has 4 nitrogen and oxygen atoms in total. The molecule has 0 aliphatic rings. The van der Waals surface area contributed by atoms with Crippen LogP contribution in [0.25, 0.3) is 5.69 Å². The number of halogens is 1. The summed E-state index contributed by atoms with van der Waals surface area (Å²) in [5.41, 5.74) is 1.31. The minimum atomic E-state index is 0.565. The minimum absolute atomic E-state index is 0.565. The van der Waals surface area contributed by atoms with Gasteiger partial charge in [-0.1, -0.05) is 6.07 Å². The standard InChI is InChI=1S/C11H9BrN4/c1-7-14-8(2)16(15-7)11-5-3-4-10(12)9(11)6-13/h3-5H,1-2H3. The number of hydrogen-bond acceptors (Lipinski definition) is 3. The first kappa shape index (κ1) is 10.8. The maximum absolute atomic E-state index is 9.12. The molecule has 2 aromatic rings. The van der Waals surface area contributed by atoms with E-state index in [4.69, 9.17) is 5.26 Å². The molecule has 2 rings (SSSR count). The Balaban J connectivity index is 2.70. The highest BCUT2D eigenvalue weighted by molar-refractivity contribution is 9.10. The predicted molar refractivity (Wildman–Crippen MR) is 63.2 cm³/mol. The maximum atomic E-state index is 9.12. The molecule has 16 heavy (non-hydrogen) atoms. The van der Waals surface area contributed by atoms with Gasteiger partial charge in [0.05, 0.1) is 11.3 Å². The normalized spacial score (nSPS) is 10.1. The number of benzene rings is 1. The van der Waals surface area contributed by atoms with Crippen LogP contribution in [0.1, 0.15) is 17.2 Å². The van der Waals surface area contributed by atoms with Crippen LogP contribution in [0.4, 0.5) is 0 Å². The number of nitriles is 1. The fourth-order valence-corrected chi connectivity index (χ4v) is 1.99. The summed E-state index contributed by atoms with van der Waals surface area (Å²) in [6.07, 6.45) is 0. The fourth-order valence-electron chi connectivity index (χ4n) is 1.55. The van der Waals surface area contributed by atoms with Crippen LogP contribution in [0.15, 0.2) is 22.7 Å². The van der Waals surface area contributed by atoms with E-state index in [-0.39, 0.29) is 0 Å². The maximum Gasteiger partial charge on any atom is 0.148 e. The van der Waals surface area contributed by atoms with Crippen LogP contribution in [0.5, 0.6) is 0 Å². The molecule has 0 amide bonds. The van der Waals surface area contributed by atoms with Crippen molar-refractivity contribution in [1.29, 1.82) is 5.26 Å². The lowest BCUT2D eigenvalue weighted by Gasteiger charge is -2.06. The van der Waals surface area contributed by atoms with Gasteiger partial charge in [-0.3, -0.25) is 0 Å². The second-order valence-corrected chi connectivity index (χ2v) is 4.22. The predicted octanol–water partition coefficient (Wildman–Crippen LogP) is 2.52. The molecule has 0 aliphatic heterocycles. The van der Waals surface area contributed by atoms with E-state index in [9.17, 15) is 0 Å². The van der Waals surface area contributed by atoms with E-state index in [1.807, 2.05) is 32.0 Å². The van der Waals surface area contributed by atoms with Crippen molar-refractivity contribution in [1.82, 2.24) is 14.8 Å². The van der Waals surface area contributed by atoms with Gasteiger partial charge in [0.25, 0.3) is 0 Å². The van der Waals surface area contributed by atoms with Crippen molar-refractivity contribution in [3.63, 3.8) is 0 Å². The zero-order valence-corrected chi connectivity index (χ0v) is 10.5. The molecule has 1 aromatic heterocycles. The first-order chi connectivity index (χ1) is 7.63. The Morgan fingerprint density at radius 1 is 1.38 bits per heavy atom. The minimum Gasteiger partial charge on any atom is -0.217 e. The molecule has 0 N–H and O–H groups in total. The zero-order chi connectivity index (χ0) is 11.7. The quantitative estimate of drug-likeness (QED) is 0.804. The van der Waals surface area contributed by atoms with Gasteiger partial charge in [0, 0.05) is 4.47 Å². The van der Waals surface area contributed by atoms with Crippen molar-refractivity contribution < 1.29 is 0 Å². The van der Waals surface area contributed by atoms with Crippen LogP contribution in [0, 0.1) is 25.2 Å². The lowest BCUT2D eigenvalue weighted by Crippen LogP contribution is -2.02. The fraction of sp³-hybridized carbons (Fsp3) is 0.182. The van der Waals surface area contributed by atoms with Gasteiger partial charge in [0.1, 0.15) is 17.7 Å². The Kier molecular flexibility index (Phi) is 2.75. The van der Waals surface area contributed by atoms with Crippen LogP contribution < -0.4 is 0 Å². The van der Waals surface area contributed by atoms with Gasteiger partial charge < -0.3 is 0 Å². The molecule has 0 saturated carbocycles. The summed E-state index contributed by atoms with van der Waals surface area (Å²) >= 11 is 3.35. The average Bonchev–Trinajstić information content (AvgIpc) is 2.57. The van der Waals surface area contributed by atoms with E-state index in [0.29, 0.717) is 11.4 Å². The lowest BCUT2D eigenvalue weighted by atomic mass is 10.2. The number of aryl methyl sites for hydroxylation is 2. The summed E-state index contributed by atoms with van der Waals surface area (Å²) < 4.78 is 2.44. The molecule has 0 spiro atoms. The Morgan fingerprint density at radius 3 is 2.69 bits per heavy atom. The van der Waals surface area contributed by atoms with Gasteiger partial charge in [-0.15, -0.1) is 0 Å². The molecule has 0 unspecified atom stereocenters. The number of rotatable bonds is 1. The van der Waals surface area contributed by atoms with Gasteiger partial charge in [-0.25, -0.2) is 9.67 Å². The Hall–Kier alpha value is -1.67. The van der Waals surface area contributed by atoms with Crippen LogP contribution in [0.3, 0.4) is 0 Å². The molecule has 0 fully saturated rings. The van der Waals surface area contributed by atoms with Crippen molar-refractivity contribution in [2.45, 2.75) is 13.8 Å². The van der Waals surface area contributed by atoms with Gasteiger partial charge in [-0.05, 0) is 41.9 Å². The highest BCUT2D eigenvalue weighted by atomic mass is 79.9. The number of nitrogens with zero attached hydrogens (tertiary/aromatic N) is 4. The van der Waals surface area contributed by atoms with Gasteiger partial charge in [0.15, 0.2) is 0 Å². The Morgan fingerprint density at radius 2 is 2.12 bits per heavy atom. The topological polar surface area (TPSA) is 54.5 Å². The molecule has 0 aliphatic carbocycles. The zero-order valence-electron chi connectivity index (χ0n) is 8.90. The summed E-state index contributed by atoms with van der Waals surface area (Å²) in [5, 5.41) is 13.4. The van der Waals surface area contributed by atoms with Crippen molar-refractivity contribution in [3.8, 4) is 11.8 Å². The van der Waals surface area contributed by atoms with Crippen molar-refractivity contribution in [2.24, 2.45) is 0 Å². The van der Waals surface area contributed by atoms with Crippen LogP contribution >= 0.6 is 15.9 Å². The first-order valence-corrected chi connectivity index (χ1v) is 5.52. The molecule has 80 valence electrons. The van der Waals surface area contributed by atoms with Gasteiger partial charge >= 0.3 is 0 Å². The van der Waals surface area contributed by atoms with Crippen molar-refractivity contribution in [3.05, 3.63) is 39.9 Å². The monoisotopic (exact) mass is 276 g/mol.